The number of anilines is 1. The number of nitro groups is 1. The van der Waals surface area contributed by atoms with E-state index in [2.05, 4.69) is 9.64 Å². The summed E-state index contributed by atoms with van der Waals surface area (Å²) in [5, 5.41) is 11.2. The number of rotatable bonds is 5. The second-order valence-corrected chi connectivity index (χ2v) is 6.01. The first-order chi connectivity index (χ1) is 11.3. The van der Waals surface area contributed by atoms with E-state index < -0.39 is 10.9 Å². The Labute approximate surface area is 139 Å². The number of methoxy groups -OCH3 is 1. The number of primary amides is 1. The molecule has 1 aromatic rings. The van der Waals surface area contributed by atoms with Gasteiger partial charge >= 0.3 is 5.97 Å². The molecule has 0 atom stereocenters. The van der Waals surface area contributed by atoms with Crippen LogP contribution in [-0.2, 0) is 9.53 Å². The predicted molar refractivity (Wildman–Crippen MR) is 87.9 cm³/mol. The number of piperidine rings is 1. The molecule has 2 N–H and O–H groups in total. The topological polar surface area (TPSA) is 116 Å². The molecule has 1 heterocycles. The summed E-state index contributed by atoms with van der Waals surface area (Å²) < 4.78 is 4.67. The lowest BCUT2D eigenvalue weighted by Crippen LogP contribution is -2.35. The lowest BCUT2D eigenvalue weighted by Gasteiger charge is -2.33. The molecule has 1 aliphatic heterocycles. The normalized spacial score (nSPS) is 15.2. The maximum absolute atomic E-state index is 11.9. The van der Waals surface area contributed by atoms with Crippen LogP contribution in [0.4, 0.5) is 11.4 Å². The van der Waals surface area contributed by atoms with Crippen LogP contribution < -0.4 is 10.6 Å². The number of nitro benzene ring substituents is 1. The van der Waals surface area contributed by atoms with Crippen LogP contribution >= 0.6 is 0 Å². The highest BCUT2D eigenvalue weighted by Crippen LogP contribution is 2.32. The van der Waals surface area contributed by atoms with E-state index in [4.69, 9.17) is 5.73 Å². The highest BCUT2D eigenvalue weighted by molar-refractivity contribution is 5.96. The molecule has 8 nitrogen and oxygen atoms in total. The summed E-state index contributed by atoms with van der Waals surface area (Å²) in [6.07, 6.45) is 2.00. The average molecular weight is 335 g/mol. The first kappa shape index (κ1) is 17.7. The van der Waals surface area contributed by atoms with Gasteiger partial charge in [0.25, 0.3) is 5.69 Å². The summed E-state index contributed by atoms with van der Waals surface area (Å²) in [6.45, 7) is 3.01. The summed E-state index contributed by atoms with van der Waals surface area (Å²) >= 11 is 0. The molecule has 1 fully saturated rings. The first-order valence-electron chi connectivity index (χ1n) is 7.74. The van der Waals surface area contributed by atoms with E-state index in [0.717, 1.165) is 18.5 Å². The average Bonchev–Trinajstić information content (AvgIpc) is 2.53. The Morgan fingerprint density at radius 2 is 2.00 bits per heavy atom. The van der Waals surface area contributed by atoms with E-state index in [9.17, 15) is 19.7 Å². The highest BCUT2D eigenvalue weighted by atomic mass is 16.6. The minimum atomic E-state index is -0.727. The quantitative estimate of drug-likeness (QED) is 0.498. The molecule has 0 radical (unpaired) electrons. The molecule has 0 unspecified atom stereocenters. The smallest absolute Gasteiger partial charge is 0.344 e. The Bertz CT molecular complexity index is 666. The zero-order valence-corrected chi connectivity index (χ0v) is 13.8. The predicted octanol–water partition coefficient (Wildman–Crippen LogP) is 1.78. The van der Waals surface area contributed by atoms with Gasteiger partial charge in [-0.15, -0.1) is 0 Å². The van der Waals surface area contributed by atoms with Crippen molar-refractivity contribution in [2.24, 2.45) is 11.7 Å². The van der Waals surface area contributed by atoms with E-state index in [0.29, 0.717) is 25.1 Å². The Morgan fingerprint density at radius 3 is 2.50 bits per heavy atom. The van der Waals surface area contributed by atoms with Crippen molar-refractivity contribution in [3.05, 3.63) is 33.4 Å². The number of nitrogens with zero attached hydrogens (tertiary/aromatic N) is 2. The van der Waals surface area contributed by atoms with Gasteiger partial charge in [0.1, 0.15) is 5.56 Å². The molecule has 130 valence electrons. The number of esters is 1. The van der Waals surface area contributed by atoms with E-state index in [1.54, 1.807) is 13.0 Å². The van der Waals surface area contributed by atoms with Crippen molar-refractivity contribution in [2.45, 2.75) is 26.2 Å². The van der Waals surface area contributed by atoms with E-state index in [-0.39, 0.29) is 23.1 Å². The Kier molecular flexibility index (Phi) is 5.38. The lowest BCUT2D eigenvalue weighted by molar-refractivity contribution is -0.385. The van der Waals surface area contributed by atoms with Crippen LogP contribution in [0.15, 0.2) is 12.1 Å². The van der Waals surface area contributed by atoms with Crippen molar-refractivity contribution in [3.63, 3.8) is 0 Å². The van der Waals surface area contributed by atoms with Crippen molar-refractivity contribution in [2.75, 3.05) is 25.1 Å². The standard InChI is InChI=1S/C16H21N3O5/c1-10-7-12(9-13(16(21)24-2)15(10)19(22)23)18-5-3-11(4-6-18)8-14(17)20/h7,9,11H,3-6,8H2,1-2H3,(H2,17,20). The van der Waals surface area contributed by atoms with Crippen molar-refractivity contribution in [1.29, 1.82) is 0 Å². The van der Waals surface area contributed by atoms with Gasteiger partial charge in [-0.1, -0.05) is 0 Å². The fourth-order valence-electron chi connectivity index (χ4n) is 3.13. The maximum Gasteiger partial charge on any atom is 0.344 e. The molecule has 0 bridgehead atoms. The van der Waals surface area contributed by atoms with Crippen LogP contribution in [0.3, 0.4) is 0 Å². The zero-order chi connectivity index (χ0) is 17.9. The zero-order valence-electron chi connectivity index (χ0n) is 13.8. The first-order valence-corrected chi connectivity index (χ1v) is 7.74. The van der Waals surface area contributed by atoms with E-state index >= 15 is 0 Å². The number of aryl methyl sites for hydroxylation is 1. The van der Waals surface area contributed by atoms with Crippen LogP contribution in [0.2, 0.25) is 0 Å². The Balaban J connectivity index is 2.26. The fraction of sp³-hybridized carbons (Fsp3) is 0.500. The third-order valence-electron chi connectivity index (χ3n) is 4.34. The minimum absolute atomic E-state index is 0.0447. The maximum atomic E-state index is 11.9. The molecule has 8 heteroatoms. The van der Waals surface area contributed by atoms with Gasteiger partial charge in [0.15, 0.2) is 0 Å². The van der Waals surface area contributed by atoms with Gasteiger partial charge in [-0.2, -0.15) is 0 Å². The largest absolute Gasteiger partial charge is 0.465 e. The molecule has 2 rings (SSSR count). The molecular weight excluding hydrogens is 314 g/mol. The van der Waals surface area contributed by atoms with Crippen LogP contribution in [0, 0.1) is 23.0 Å². The van der Waals surface area contributed by atoms with Gasteiger partial charge in [0.2, 0.25) is 5.91 Å². The molecule has 0 saturated carbocycles. The molecule has 1 aliphatic rings. The molecule has 0 aliphatic carbocycles. The van der Waals surface area contributed by atoms with Crippen LogP contribution in [0.5, 0.6) is 0 Å². The number of carbonyl (C=O) groups is 2. The molecule has 1 amide bonds. The third kappa shape index (κ3) is 3.81. The van der Waals surface area contributed by atoms with Crippen molar-refractivity contribution < 1.29 is 19.2 Å². The van der Waals surface area contributed by atoms with Gasteiger partial charge in [-0.3, -0.25) is 14.9 Å². The summed E-state index contributed by atoms with van der Waals surface area (Å²) in [7, 11) is 1.20. The number of hydrogen-bond acceptors (Lipinski definition) is 6. The Hall–Kier alpha value is -2.64. The van der Waals surface area contributed by atoms with Gasteiger partial charge in [0.05, 0.1) is 12.0 Å². The van der Waals surface area contributed by atoms with Gasteiger partial charge in [0, 0.05) is 30.8 Å². The summed E-state index contributed by atoms with van der Waals surface area (Å²) in [4.78, 5) is 35.6. The number of ether oxygens (including phenoxy) is 1. The summed E-state index contributed by atoms with van der Waals surface area (Å²) in [6, 6.07) is 3.21. The Morgan fingerprint density at radius 1 is 1.38 bits per heavy atom. The summed E-state index contributed by atoms with van der Waals surface area (Å²) in [5.41, 5.74) is 6.12. The van der Waals surface area contributed by atoms with Crippen molar-refractivity contribution >= 4 is 23.3 Å². The summed E-state index contributed by atoms with van der Waals surface area (Å²) in [5.74, 6) is -0.763. The van der Waals surface area contributed by atoms with Crippen LogP contribution in [-0.4, -0.2) is 37.0 Å². The van der Waals surface area contributed by atoms with Crippen LogP contribution in [0.25, 0.3) is 0 Å². The van der Waals surface area contributed by atoms with Crippen LogP contribution in [0.1, 0.15) is 35.2 Å². The van der Waals surface area contributed by atoms with Gasteiger partial charge in [-0.05, 0) is 37.8 Å². The molecule has 0 aromatic heterocycles. The number of nitrogens with two attached hydrogens (primary N) is 1. The second-order valence-electron chi connectivity index (χ2n) is 6.01. The molecule has 0 spiro atoms. The fourth-order valence-corrected chi connectivity index (χ4v) is 3.13. The van der Waals surface area contributed by atoms with E-state index in [1.807, 2.05) is 0 Å². The molecule has 1 saturated heterocycles. The van der Waals surface area contributed by atoms with Crippen molar-refractivity contribution in [3.8, 4) is 0 Å². The minimum Gasteiger partial charge on any atom is -0.465 e. The number of hydrogen-bond donors (Lipinski definition) is 1. The third-order valence-corrected chi connectivity index (χ3v) is 4.34. The second kappa shape index (κ2) is 7.29. The number of amides is 1. The lowest BCUT2D eigenvalue weighted by atomic mass is 9.92. The molecule has 1 aromatic carbocycles. The monoisotopic (exact) mass is 335 g/mol. The van der Waals surface area contributed by atoms with Crippen molar-refractivity contribution in [1.82, 2.24) is 0 Å². The highest BCUT2D eigenvalue weighted by Gasteiger charge is 2.27. The number of benzene rings is 1. The van der Waals surface area contributed by atoms with Gasteiger partial charge < -0.3 is 15.4 Å². The molecular formula is C16H21N3O5. The molecule has 24 heavy (non-hydrogen) atoms. The van der Waals surface area contributed by atoms with E-state index in [1.165, 1.54) is 13.2 Å². The van der Waals surface area contributed by atoms with Gasteiger partial charge in [-0.25, -0.2) is 4.79 Å². The number of carbonyl (C=O) groups excluding carboxylic acids is 2. The SMILES string of the molecule is COC(=O)c1cc(N2CCC(CC(N)=O)CC2)cc(C)c1[N+](=O)[O-].